The van der Waals surface area contributed by atoms with Crippen molar-refractivity contribution in [3.8, 4) is 28.7 Å². The van der Waals surface area contributed by atoms with Gasteiger partial charge < -0.3 is 4.42 Å². The molecule has 22 heavy (non-hydrogen) atoms. The van der Waals surface area contributed by atoms with E-state index in [1.54, 1.807) is 4.68 Å². The minimum Gasteiger partial charge on any atom is -0.409 e. The first kappa shape index (κ1) is 14.2. The van der Waals surface area contributed by atoms with Gasteiger partial charge >= 0.3 is 0 Å². The molecule has 0 atom stereocenters. The first-order valence-electron chi connectivity index (χ1n) is 6.89. The molecule has 0 N–H and O–H groups in total. The zero-order chi connectivity index (χ0) is 15.4. The molecule has 4 nitrogen and oxygen atoms in total. The highest BCUT2D eigenvalue weighted by molar-refractivity contribution is 7.71. The summed E-state index contributed by atoms with van der Waals surface area (Å²) in [4.78, 5) is 0.289. The van der Waals surface area contributed by atoms with Crippen molar-refractivity contribution < 1.29 is 4.42 Å². The van der Waals surface area contributed by atoms with Crippen molar-refractivity contribution in [1.82, 2.24) is 9.78 Å². The fraction of sp³-hybridized carbons (Fsp3) is 0.118. The van der Waals surface area contributed by atoms with Gasteiger partial charge in [0, 0.05) is 5.56 Å². The van der Waals surface area contributed by atoms with E-state index in [0.717, 1.165) is 16.7 Å². The van der Waals surface area contributed by atoms with Gasteiger partial charge in [-0.1, -0.05) is 42.5 Å². The van der Waals surface area contributed by atoms with Crippen LogP contribution in [0.3, 0.4) is 0 Å². The second-order valence-corrected chi connectivity index (χ2v) is 5.10. The van der Waals surface area contributed by atoms with E-state index in [0.29, 0.717) is 18.9 Å². The van der Waals surface area contributed by atoms with Crippen LogP contribution >= 0.6 is 12.2 Å². The standard InChI is InChI=1S/C17H13N3OS/c18-11-4-12-20-17(22)21-16(19-20)15-9-7-14(8-10-15)13-5-2-1-3-6-13/h1-3,5-10H,4,12H2. The summed E-state index contributed by atoms with van der Waals surface area (Å²) in [7, 11) is 0. The van der Waals surface area contributed by atoms with Crippen LogP contribution in [0.2, 0.25) is 0 Å². The van der Waals surface area contributed by atoms with Gasteiger partial charge in [-0.15, -0.1) is 5.10 Å². The molecule has 0 radical (unpaired) electrons. The highest BCUT2D eigenvalue weighted by atomic mass is 32.1. The van der Waals surface area contributed by atoms with E-state index >= 15 is 0 Å². The van der Waals surface area contributed by atoms with E-state index in [-0.39, 0.29) is 4.84 Å². The Hall–Kier alpha value is -2.71. The Morgan fingerprint density at radius 1 is 1.00 bits per heavy atom. The Morgan fingerprint density at radius 2 is 1.64 bits per heavy atom. The zero-order valence-electron chi connectivity index (χ0n) is 11.8. The third-order valence-corrected chi connectivity index (χ3v) is 3.57. The van der Waals surface area contributed by atoms with Crippen LogP contribution in [0.4, 0.5) is 0 Å². The molecule has 0 unspecified atom stereocenters. The fourth-order valence-corrected chi connectivity index (χ4v) is 2.37. The summed E-state index contributed by atoms with van der Waals surface area (Å²) in [6, 6.07) is 20.2. The Kier molecular flexibility index (Phi) is 4.12. The van der Waals surface area contributed by atoms with Crippen molar-refractivity contribution >= 4 is 12.2 Å². The molecule has 2 aromatic carbocycles. The number of aryl methyl sites for hydroxylation is 1. The van der Waals surface area contributed by atoms with Crippen LogP contribution in [0, 0.1) is 16.2 Å². The van der Waals surface area contributed by atoms with E-state index in [2.05, 4.69) is 23.3 Å². The molecule has 0 saturated carbocycles. The second kappa shape index (κ2) is 6.37. The number of nitriles is 1. The van der Waals surface area contributed by atoms with Crippen molar-refractivity contribution in [3.63, 3.8) is 0 Å². The van der Waals surface area contributed by atoms with Gasteiger partial charge in [0.1, 0.15) is 0 Å². The molecule has 0 aliphatic rings. The highest BCUT2D eigenvalue weighted by Crippen LogP contribution is 2.24. The molecule has 1 heterocycles. The van der Waals surface area contributed by atoms with Crippen molar-refractivity contribution in [2.45, 2.75) is 13.0 Å². The number of hydrogen-bond acceptors (Lipinski definition) is 4. The van der Waals surface area contributed by atoms with Gasteiger partial charge in [-0.05, 0) is 35.5 Å². The van der Waals surface area contributed by atoms with E-state index in [1.807, 2.05) is 42.5 Å². The summed E-state index contributed by atoms with van der Waals surface area (Å²) in [5.41, 5.74) is 3.16. The summed E-state index contributed by atoms with van der Waals surface area (Å²) in [5, 5.41) is 12.9. The first-order valence-corrected chi connectivity index (χ1v) is 7.29. The molecule has 1 aromatic heterocycles. The molecule has 5 heteroatoms. The first-order chi connectivity index (χ1) is 10.8. The van der Waals surface area contributed by atoms with Crippen molar-refractivity contribution in [2.75, 3.05) is 0 Å². The van der Waals surface area contributed by atoms with Crippen molar-refractivity contribution in [2.24, 2.45) is 0 Å². The number of aromatic nitrogens is 2. The van der Waals surface area contributed by atoms with Gasteiger partial charge in [-0.2, -0.15) is 5.26 Å². The number of hydrogen-bond donors (Lipinski definition) is 0. The fourth-order valence-electron chi connectivity index (χ4n) is 2.16. The molecule has 108 valence electrons. The predicted molar refractivity (Wildman–Crippen MR) is 86.4 cm³/mol. The minimum absolute atomic E-state index is 0.289. The summed E-state index contributed by atoms with van der Waals surface area (Å²) in [6.45, 7) is 0.445. The number of nitrogens with zero attached hydrogens (tertiary/aromatic N) is 3. The quantitative estimate of drug-likeness (QED) is 0.668. The third-order valence-electron chi connectivity index (χ3n) is 3.28. The second-order valence-electron chi connectivity index (χ2n) is 4.75. The van der Waals surface area contributed by atoms with Crippen molar-refractivity contribution in [1.29, 1.82) is 5.26 Å². The Morgan fingerprint density at radius 3 is 2.32 bits per heavy atom. The average Bonchev–Trinajstić information content (AvgIpc) is 2.95. The maximum Gasteiger partial charge on any atom is 0.287 e. The predicted octanol–water partition coefficient (Wildman–Crippen LogP) is 4.45. The lowest BCUT2D eigenvalue weighted by Crippen LogP contribution is -1.99. The molecule has 0 aliphatic heterocycles. The minimum atomic E-state index is 0.289. The van der Waals surface area contributed by atoms with Crippen LogP contribution in [0.15, 0.2) is 59.0 Å². The normalized spacial score (nSPS) is 10.3. The van der Waals surface area contributed by atoms with Gasteiger partial charge in [0.05, 0.1) is 19.0 Å². The van der Waals surface area contributed by atoms with Crippen LogP contribution in [-0.2, 0) is 6.54 Å². The Labute approximate surface area is 133 Å². The average molecular weight is 307 g/mol. The van der Waals surface area contributed by atoms with E-state index in [9.17, 15) is 0 Å². The van der Waals surface area contributed by atoms with E-state index < -0.39 is 0 Å². The topological polar surface area (TPSA) is 54.8 Å². The number of benzene rings is 2. The van der Waals surface area contributed by atoms with Gasteiger partial charge in [-0.25, -0.2) is 4.68 Å². The monoisotopic (exact) mass is 307 g/mol. The van der Waals surface area contributed by atoms with Crippen LogP contribution in [0.1, 0.15) is 6.42 Å². The zero-order valence-corrected chi connectivity index (χ0v) is 12.6. The molecule has 0 fully saturated rings. The lowest BCUT2D eigenvalue weighted by Gasteiger charge is -2.01. The van der Waals surface area contributed by atoms with E-state index in [4.69, 9.17) is 21.9 Å². The molecular weight excluding hydrogens is 294 g/mol. The summed E-state index contributed by atoms with van der Waals surface area (Å²) in [5.74, 6) is 0.475. The number of rotatable bonds is 4. The maximum atomic E-state index is 8.63. The molecule has 0 spiro atoms. The van der Waals surface area contributed by atoms with Crippen LogP contribution < -0.4 is 0 Å². The Bertz CT molecular complexity index is 857. The van der Waals surface area contributed by atoms with Gasteiger partial charge in [0.2, 0.25) is 5.89 Å². The smallest absolute Gasteiger partial charge is 0.287 e. The largest absolute Gasteiger partial charge is 0.409 e. The Balaban J connectivity index is 1.87. The van der Waals surface area contributed by atoms with Gasteiger partial charge in [0.15, 0.2) is 0 Å². The lowest BCUT2D eigenvalue weighted by molar-refractivity contribution is 0.514. The van der Waals surface area contributed by atoms with Crippen LogP contribution in [-0.4, -0.2) is 9.78 Å². The van der Waals surface area contributed by atoms with Gasteiger partial charge in [0.25, 0.3) is 4.84 Å². The van der Waals surface area contributed by atoms with Crippen molar-refractivity contribution in [3.05, 3.63) is 59.4 Å². The SMILES string of the molecule is N#CCCn1nc(-c2ccc(-c3ccccc3)cc2)oc1=S. The van der Waals surface area contributed by atoms with Crippen LogP contribution in [0.5, 0.6) is 0 Å². The molecule has 0 saturated heterocycles. The van der Waals surface area contributed by atoms with Crippen LogP contribution in [0.25, 0.3) is 22.6 Å². The van der Waals surface area contributed by atoms with E-state index in [1.165, 1.54) is 0 Å². The summed E-state index contributed by atoms with van der Waals surface area (Å²) in [6.07, 6.45) is 0.354. The maximum absolute atomic E-state index is 8.63. The summed E-state index contributed by atoms with van der Waals surface area (Å²) >= 11 is 5.11. The van der Waals surface area contributed by atoms with Gasteiger partial charge in [-0.3, -0.25) is 0 Å². The molecule has 3 rings (SSSR count). The third kappa shape index (κ3) is 2.97. The molecule has 3 aromatic rings. The highest BCUT2D eigenvalue weighted by Gasteiger charge is 2.08. The molecular formula is C17H13N3OS. The lowest BCUT2D eigenvalue weighted by atomic mass is 10.0. The molecule has 0 bridgehead atoms. The summed E-state index contributed by atoms with van der Waals surface area (Å²) < 4.78 is 7.04. The molecule has 0 aliphatic carbocycles. The molecule has 0 amide bonds.